The van der Waals surface area contributed by atoms with Crippen LogP contribution in [0.25, 0.3) is 21.0 Å². The summed E-state index contributed by atoms with van der Waals surface area (Å²) in [6, 6.07) is 15.1. The third-order valence-corrected chi connectivity index (χ3v) is 5.18. The zero-order valence-electron chi connectivity index (χ0n) is 13.1. The number of nitro groups is 1. The summed E-state index contributed by atoms with van der Waals surface area (Å²) in [5, 5.41) is 16.1. The molecule has 0 saturated heterocycles. The summed E-state index contributed by atoms with van der Waals surface area (Å²) in [6.45, 7) is 0. The summed E-state index contributed by atoms with van der Waals surface area (Å²) in [5.74, 6) is -0.313. The fourth-order valence-corrected chi connectivity index (χ4v) is 3.85. The summed E-state index contributed by atoms with van der Waals surface area (Å²) in [5.41, 5.74) is 1.06. The molecule has 0 fully saturated rings. The van der Waals surface area contributed by atoms with Gasteiger partial charge < -0.3 is 0 Å². The zero-order chi connectivity index (χ0) is 18.3. The predicted molar refractivity (Wildman–Crippen MR) is 103 cm³/mol. The van der Waals surface area contributed by atoms with Crippen molar-refractivity contribution in [3.8, 4) is 0 Å². The molecule has 0 radical (unpaired) electrons. The fourth-order valence-electron chi connectivity index (χ4n) is 2.71. The maximum Gasteiger partial charge on any atom is 0.270 e. The van der Waals surface area contributed by atoms with Gasteiger partial charge in [-0.1, -0.05) is 47.2 Å². The van der Waals surface area contributed by atoms with Gasteiger partial charge in [-0.3, -0.25) is 20.2 Å². The van der Waals surface area contributed by atoms with Gasteiger partial charge >= 0.3 is 0 Å². The van der Waals surface area contributed by atoms with Crippen LogP contribution in [-0.4, -0.2) is 15.8 Å². The standard InChI is InChI=1S/C18H10ClN3O3S/c19-14-6-2-3-11-12(14)4-1-5-13(11)17(23)21-18-20-15-8-7-10(22(24)25)9-16(15)26-18/h1-9H,(H,20,21,23). The van der Waals surface area contributed by atoms with Crippen LogP contribution >= 0.6 is 22.9 Å². The molecule has 128 valence electrons. The first-order chi connectivity index (χ1) is 12.5. The van der Waals surface area contributed by atoms with E-state index < -0.39 is 4.92 Å². The number of non-ortho nitro benzene ring substituents is 1. The van der Waals surface area contributed by atoms with Crippen LogP contribution in [0, 0.1) is 10.1 Å². The molecule has 4 rings (SSSR count). The van der Waals surface area contributed by atoms with E-state index in [9.17, 15) is 14.9 Å². The molecule has 0 unspecified atom stereocenters. The van der Waals surface area contributed by atoms with Gasteiger partial charge in [0.25, 0.3) is 11.6 Å². The van der Waals surface area contributed by atoms with E-state index in [0.29, 0.717) is 25.9 Å². The Morgan fingerprint density at radius 2 is 1.88 bits per heavy atom. The van der Waals surface area contributed by atoms with Crippen LogP contribution in [0.5, 0.6) is 0 Å². The lowest BCUT2D eigenvalue weighted by molar-refractivity contribution is -0.384. The molecule has 4 aromatic rings. The fraction of sp³-hybridized carbons (Fsp3) is 0. The van der Waals surface area contributed by atoms with Gasteiger partial charge in [-0.25, -0.2) is 4.98 Å². The quantitative estimate of drug-likeness (QED) is 0.386. The Morgan fingerprint density at radius 1 is 1.12 bits per heavy atom. The number of nitrogens with one attached hydrogen (secondary N) is 1. The van der Waals surface area contributed by atoms with E-state index in [2.05, 4.69) is 10.3 Å². The largest absolute Gasteiger partial charge is 0.298 e. The monoisotopic (exact) mass is 383 g/mol. The number of carbonyl (C=O) groups is 1. The SMILES string of the molecule is O=C(Nc1nc2ccc([N+](=O)[O-])cc2s1)c1cccc2c(Cl)cccc12. The molecule has 1 heterocycles. The van der Waals surface area contributed by atoms with Crippen LogP contribution in [0.15, 0.2) is 54.6 Å². The van der Waals surface area contributed by atoms with Crippen molar-refractivity contribution in [1.29, 1.82) is 0 Å². The molecule has 0 atom stereocenters. The number of aromatic nitrogens is 1. The number of hydrogen-bond acceptors (Lipinski definition) is 5. The molecular formula is C18H10ClN3O3S. The molecular weight excluding hydrogens is 374 g/mol. The molecule has 0 saturated carbocycles. The molecule has 0 bridgehead atoms. The average molecular weight is 384 g/mol. The predicted octanol–water partition coefficient (Wildman–Crippen LogP) is 5.26. The van der Waals surface area contributed by atoms with Crippen LogP contribution in [0.3, 0.4) is 0 Å². The molecule has 0 aliphatic carbocycles. The summed E-state index contributed by atoms with van der Waals surface area (Å²) < 4.78 is 0.635. The number of nitro benzene ring substituents is 1. The second kappa shape index (κ2) is 6.36. The van der Waals surface area contributed by atoms with Crippen LogP contribution in [0.1, 0.15) is 10.4 Å². The maximum atomic E-state index is 12.7. The first-order valence-electron chi connectivity index (χ1n) is 7.56. The van der Waals surface area contributed by atoms with E-state index in [1.807, 2.05) is 12.1 Å². The molecule has 1 amide bonds. The van der Waals surface area contributed by atoms with Crippen molar-refractivity contribution in [1.82, 2.24) is 4.98 Å². The summed E-state index contributed by atoms with van der Waals surface area (Å²) >= 11 is 7.38. The lowest BCUT2D eigenvalue weighted by Crippen LogP contribution is -2.12. The Hall–Kier alpha value is -3.03. The third kappa shape index (κ3) is 2.87. The molecule has 0 spiro atoms. The Bertz CT molecular complexity index is 1190. The lowest BCUT2D eigenvalue weighted by atomic mass is 10.0. The van der Waals surface area contributed by atoms with Crippen molar-refractivity contribution in [2.75, 3.05) is 5.32 Å². The van der Waals surface area contributed by atoms with Crippen LogP contribution < -0.4 is 5.32 Å². The summed E-state index contributed by atoms with van der Waals surface area (Å²) in [7, 11) is 0. The Balaban J connectivity index is 1.69. The number of amides is 1. The Kier molecular flexibility index (Phi) is 4.02. The first-order valence-corrected chi connectivity index (χ1v) is 8.76. The van der Waals surface area contributed by atoms with Gasteiger partial charge in [-0.05, 0) is 23.6 Å². The maximum absolute atomic E-state index is 12.7. The van der Waals surface area contributed by atoms with E-state index >= 15 is 0 Å². The number of hydrogen-bond donors (Lipinski definition) is 1. The molecule has 8 heteroatoms. The van der Waals surface area contributed by atoms with Gasteiger partial charge in [0.05, 0.1) is 15.1 Å². The molecule has 1 aromatic heterocycles. The number of benzene rings is 3. The van der Waals surface area contributed by atoms with Gasteiger partial charge in [-0.2, -0.15) is 0 Å². The Morgan fingerprint density at radius 3 is 2.69 bits per heavy atom. The average Bonchev–Trinajstić information content (AvgIpc) is 3.02. The molecule has 0 aliphatic rings. The number of carbonyl (C=O) groups excluding carboxylic acids is 1. The van der Waals surface area contributed by atoms with E-state index in [-0.39, 0.29) is 11.6 Å². The number of fused-ring (bicyclic) bond motifs is 2. The normalized spacial score (nSPS) is 11.0. The van der Waals surface area contributed by atoms with Crippen molar-refractivity contribution in [3.05, 3.63) is 75.3 Å². The van der Waals surface area contributed by atoms with Crippen LogP contribution in [-0.2, 0) is 0 Å². The molecule has 3 aromatic carbocycles. The number of anilines is 1. The molecule has 26 heavy (non-hydrogen) atoms. The van der Waals surface area contributed by atoms with E-state index in [1.165, 1.54) is 23.5 Å². The van der Waals surface area contributed by atoms with Crippen molar-refractivity contribution in [3.63, 3.8) is 0 Å². The molecule has 6 nitrogen and oxygen atoms in total. The third-order valence-electron chi connectivity index (χ3n) is 3.92. The minimum atomic E-state index is -0.461. The van der Waals surface area contributed by atoms with Crippen molar-refractivity contribution >= 4 is 60.7 Å². The van der Waals surface area contributed by atoms with Gasteiger partial charge in [-0.15, -0.1) is 0 Å². The topological polar surface area (TPSA) is 85.1 Å². The van der Waals surface area contributed by atoms with Crippen molar-refractivity contribution in [2.24, 2.45) is 0 Å². The van der Waals surface area contributed by atoms with Crippen molar-refractivity contribution < 1.29 is 9.72 Å². The highest BCUT2D eigenvalue weighted by Gasteiger charge is 2.15. The van der Waals surface area contributed by atoms with E-state index in [0.717, 1.165) is 10.8 Å². The minimum Gasteiger partial charge on any atom is -0.298 e. The second-order valence-corrected chi connectivity index (χ2v) is 6.96. The van der Waals surface area contributed by atoms with Gasteiger partial charge in [0, 0.05) is 28.1 Å². The van der Waals surface area contributed by atoms with Crippen LogP contribution in [0.2, 0.25) is 5.02 Å². The first kappa shape index (κ1) is 16.4. The lowest BCUT2D eigenvalue weighted by Gasteiger charge is -2.07. The highest BCUT2D eigenvalue weighted by Crippen LogP contribution is 2.30. The van der Waals surface area contributed by atoms with E-state index in [1.54, 1.807) is 30.3 Å². The highest BCUT2D eigenvalue weighted by molar-refractivity contribution is 7.22. The van der Waals surface area contributed by atoms with Crippen molar-refractivity contribution in [2.45, 2.75) is 0 Å². The number of thiazole rings is 1. The summed E-state index contributed by atoms with van der Waals surface area (Å²) in [6.07, 6.45) is 0. The van der Waals surface area contributed by atoms with Gasteiger partial charge in [0.2, 0.25) is 0 Å². The molecule has 1 N–H and O–H groups in total. The molecule has 0 aliphatic heterocycles. The van der Waals surface area contributed by atoms with Gasteiger partial charge in [0.15, 0.2) is 5.13 Å². The zero-order valence-corrected chi connectivity index (χ0v) is 14.7. The second-order valence-electron chi connectivity index (χ2n) is 5.52. The van der Waals surface area contributed by atoms with E-state index in [4.69, 9.17) is 11.6 Å². The number of halogens is 1. The van der Waals surface area contributed by atoms with Gasteiger partial charge in [0.1, 0.15) is 0 Å². The highest BCUT2D eigenvalue weighted by atomic mass is 35.5. The van der Waals surface area contributed by atoms with Crippen LogP contribution in [0.4, 0.5) is 10.8 Å². The minimum absolute atomic E-state index is 0.0114. The smallest absolute Gasteiger partial charge is 0.270 e. The number of nitrogens with zero attached hydrogens (tertiary/aromatic N) is 2. The Labute approximate surface area is 156 Å². The number of rotatable bonds is 3. The summed E-state index contributed by atoms with van der Waals surface area (Å²) in [4.78, 5) is 27.4.